The van der Waals surface area contributed by atoms with Crippen molar-refractivity contribution in [3.05, 3.63) is 23.6 Å². The van der Waals surface area contributed by atoms with Gasteiger partial charge in [-0.2, -0.15) is 0 Å². The van der Waals surface area contributed by atoms with E-state index in [0.29, 0.717) is 10.8 Å². The van der Waals surface area contributed by atoms with Crippen LogP contribution in [0, 0.1) is 5.41 Å². The number of amides is 2. The highest BCUT2D eigenvalue weighted by molar-refractivity contribution is 8.01. The van der Waals surface area contributed by atoms with Crippen LogP contribution in [0.5, 0.6) is 0 Å². The number of thioether (sulfide) groups is 2. The number of fused-ring (bicyclic) bond motifs is 1. The van der Waals surface area contributed by atoms with E-state index in [1.807, 2.05) is 6.92 Å². The van der Waals surface area contributed by atoms with Gasteiger partial charge in [-0.25, -0.2) is 9.97 Å². The summed E-state index contributed by atoms with van der Waals surface area (Å²) in [5.41, 5.74) is 5.94. The number of oxime groups is 1. The molecule has 2 aromatic rings. The Morgan fingerprint density at radius 2 is 2.31 bits per heavy atom. The van der Waals surface area contributed by atoms with E-state index in [1.165, 1.54) is 52.0 Å². The number of aromatic nitrogens is 4. The molecule has 2 amide bonds. The molecule has 2 saturated heterocycles. The number of rotatable bonds is 10. The van der Waals surface area contributed by atoms with Crippen molar-refractivity contribution in [3.63, 3.8) is 0 Å². The lowest BCUT2D eigenvalue weighted by atomic mass is 9.89. The molecule has 3 atom stereocenters. The third-order valence-electron chi connectivity index (χ3n) is 5.25. The van der Waals surface area contributed by atoms with Crippen LogP contribution in [0.2, 0.25) is 0 Å². The summed E-state index contributed by atoms with van der Waals surface area (Å²) >= 11 is 3.94. The molecule has 0 saturated carbocycles. The maximum atomic E-state index is 13.0. The molecule has 2 aliphatic heterocycles. The van der Waals surface area contributed by atoms with Crippen molar-refractivity contribution in [3.8, 4) is 0 Å². The van der Waals surface area contributed by atoms with Crippen LogP contribution in [-0.4, -0.2) is 89.7 Å². The Morgan fingerprint density at radius 1 is 1.49 bits per heavy atom. The third kappa shape index (κ3) is 5.33. The van der Waals surface area contributed by atoms with Crippen molar-refractivity contribution >= 4 is 64.2 Å². The maximum absolute atomic E-state index is 13.0. The monoisotopic (exact) mass is 538 g/mol. The van der Waals surface area contributed by atoms with Gasteiger partial charge in [-0.1, -0.05) is 35.2 Å². The SMILES string of the molecule is CCCON=C(C(=O)NC1C(=O)N2CC(CSc3nncs3)(C(=O)O)CS[C@H]12)c1nccc(N)n1. The van der Waals surface area contributed by atoms with Gasteiger partial charge in [0.05, 0.1) is 0 Å². The number of hydrogen-bond acceptors (Lipinski definition) is 13. The minimum atomic E-state index is -1.14. The van der Waals surface area contributed by atoms with Crippen molar-refractivity contribution in [1.82, 2.24) is 30.4 Å². The summed E-state index contributed by atoms with van der Waals surface area (Å²) in [5, 5.41) is 23.8. The predicted octanol–water partition coefficient (Wildman–Crippen LogP) is 0.304. The van der Waals surface area contributed by atoms with E-state index in [0.717, 1.165) is 0 Å². The Morgan fingerprint density at radius 3 is 3.00 bits per heavy atom. The van der Waals surface area contributed by atoms with Gasteiger partial charge in [-0.15, -0.1) is 22.0 Å². The van der Waals surface area contributed by atoms with Crippen LogP contribution in [0.15, 0.2) is 27.3 Å². The number of carboxylic acids is 1. The van der Waals surface area contributed by atoms with Crippen molar-refractivity contribution in [1.29, 1.82) is 0 Å². The van der Waals surface area contributed by atoms with Crippen LogP contribution in [0.25, 0.3) is 0 Å². The molecular formula is C19H22N8O5S3. The second-order valence-electron chi connectivity index (χ2n) is 7.78. The average molecular weight is 539 g/mol. The van der Waals surface area contributed by atoms with Gasteiger partial charge in [0, 0.05) is 24.2 Å². The van der Waals surface area contributed by atoms with Gasteiger partial charge < -0.3 is 25.9 Å². The van der Waals surface area contributed by atoms with Crippen molar-refractivity contribution < 1.29 is 24.3 Å². The minimum absolute atomic E-state index is 0.0304. The molecule has 2 aliphatic rings. The molecule has 0 radical (unpaired) electrons. The van der Waals surface area contributed by atoms with Crippen LogP contribution in [0.3, 0.4) is 0 Å². The van der Waals surface area contributed by atoms with E-state index in [4.69, 9.17) is 10.6 Å². The summed E-state index contributed by atoms with van der Waals surface area (Å²) in [6.07, 6.45) is 2.06. The summed E-state index contributed by atoms with van der Waals surface area (Å²) in [4.78, 5) is 52.8. The summed E-state index contributed by atoms with van der Waals surface area (Å²) < 4.78 is 0.665. The number of carbonyl (C=O) groups is 3. The van der Waals surface area contributed by atoms with Gasteiger partial charge in [-0.05, 0) is 12.5 Å². The van der Waals surface area contributed by atoms with E-state index in [-0.39, 0.29) is 47.9 Å². The fourth-order valence-corrected chi connectivity index (χ4v) is 6.76. The fourth-order valence-electron chi connectivity index (χ4n) is 3.41. The number of nitrogens with two attached hydrogens (primary N) is 1. The first-order chi connectivity index (χ1) is 16.8. The number of nitrogens with one attached hydrogen (secondary N) is 1. The molecular weight excluding hydrogens is 516 g/mol. The van der Waals surface area contributed by atoms with Gasteiger partial charge in [-0.3, -0.25) is 14.4 Å². The molecule has 4 rings (SSSR count). The Hall–Kier alpha value is -2.98. The number of nitrogens with zero attached hydrogens (tertiary/aromatic N) is 6. The van der Waals surface area contributed by atoms with Crippen LogP contribution >= 0.6 is 34.9 Å². The molecule has 35 heavy (non-hydrogen) atoms. The first-order valence-electron chi connectivity index (χ1n) is 10.5. The summed E-state index contributed by atoms with van der Waals surface area (Å²) in [6, 6.07) is 0.628. The average Bonchev–Trinajstić information content (AvgIpc) is 3.37. The van der Waals surface area contributed by atoms with Crippen molar-refractivity contribution in [2.24, 2.45) is 10.6 Å². The highest BCUT2D eigenvalue weighted by atomic mass is 32.2. The Labute approximate surface area is 212 Å². The number of nitrogen functional groups attached to an aromatic ring is 1. The van der Waals surface area contributed by atoms with Gasteiger partial charge >= 0.3 is 5.97 Å². The highest BCUT2D eigenvalue weighted by Crippen LogP contribution is 2.44. The maximum Gasteiger partial charge on any atom is 0.313 e. The highest BCUT2D eigenvalue weighted by Gasteiger charge is 2.57. The lowest BCUT2D eigenvalue weighted by Crippen LogP contribution is -2.74. The first kappa shape index (κ1) is 25.1. The Kier molecular flexibility index (Phi) is 7.71. The zero-order valence-electron chi connectivity index (χ0n) is 18.5. The van der Waals surface area contributed by atoms with E-state index in [2.05, 4.69) is 30.6 Å². The zero-order valence-corrected chi connectivity index (χ0v) is 20.9. The number of aliphatic carboxylic acids is 1. The number of hydrogen-bond donors (Lipinski definition) is 3. The quantitative estimate of drug-likeness (QED) is 0.124. The summed E-state index contributed by atoms with van der Waals surface area (Å²) in [7, 11) is 0. The summed E-state index contributed by atoms with van der Waals surface area (Å²) in [5.74, 6) is -1.41. The minimum Gasteiger partial charge on any atom is -0.481 e. The molecule has 2 fully saturated rings. The first-order valence-corrected chi connectivity index (χ1v) is 13.4. The topological polar surface area (TPSA) is 186 Å². The fraction of sp³-hybridized carbons (Fsp3) is 0.474. The molecule has 0 aromatic carbocycles. The van der Waals surface area contributed by atoms with E-state index < -0.39 is 28.7 Å². The predicted molar refractivity (Wildman–Crippen MR) is 130 cm³/mol. The molecule has 16 heteroatoms. The van der Waals surface area contributed by atoms with E-state index in [1.54, 1.807) is 5.51 Å². The normalized spacial score (nSPS) is 23.9. The molecule has 186 valence electrons. The molecule has 0 bridgehead atoms. The van der Waals surface area contributed by atoms with Crippen LogP contribution in [0.4, 0.5) is 5.82 Å². The van der Waals surface area contributed by atoms with Gasteiger partial charge in [0.2, 0.25) is 11.6 Å². The standard InChI is InChI=1S/C19H22N8O5S3/c1-2-5-32-26-11(13-21-4-3-10(20)23-13)14(28)24-12-15(29)27-6-19(17(30)31,7-33-16(12)27)8-34-18-25-22-9-35-18/h3-4,9,12,16H,2,5-8H2,1H3,(H,24,28)(H,30,31)(H2,20,21,23)/t12?,16-,19?/m1/s1. The van der Waals surface area contributed by atoms with Crippen LogP contribution in [0.1, 0.15) is 19.2 Å². The lowest BCUT2D eigenvalue weighted by Gasteiger charge is -2.53. The van der Waals surface area contributed by atoms with Gasteiger partial charge in [0.15, 0.2) is 10.2 Å². The summed E-state index contributed by atoms with van der Waals surface area (Å²) in [6.45, 7) is 2.20. The van der Waals surface area contributed by atoms with Crippen molar-refractivity contribution in [2.75, 3.05) is 30.4 Å². The molecule has 4 heterocycles. The molecule has 0 aliphatic carbocycles. The molecule has 13 nitrogen and oxygen atoms in total. The van der Waals surface area contributed by atoms with E-state index in [9.17, 15) is 19.5 Å². The Bertz CT molecular complexity index is 1130. The molecule has 2 unspecified atom stereocenters. The van der Waals surface area contributed by atoms with Gasteiger partial charge in [0.1, 0.15) is 34.8 Å². The number of β-lactam (4-membered cyclic amide) rings is 1. The lowest BCUT2D eigenvalue weighted by molar-refractivity contribution is -0.157. The zero-order chi connectivity index (χ0) is 25.0. The van der Waals surface area contributed by atoms with Crippen LogP contribution in [-0.2, 0) is 19.2 Å². The number of carboxylic acid groups (broad SMARTS) is 1. The van der Waals surface area contributed by atoms with Crippen LogP contribution < -0.4 is 11.1 Å². The third-order valence-corrected chi connectivity index (χ3v) is 8.99. The molecule has 0 spiro atoms. The van der Waals surface area contributed by atoms with Gasteiger partial charge in [0.25, 0.3) is 5.91 Å². The second kappa shape index (κ2) is 10.7. The largest absolute Gasteiger partial charge is 0.481 e. The van der Waals surface area contributed by atoms with E-state index >= 15 is 0 Å². The molecule has 2 aromatic heterocycles. The smallest absolute Gasteiger partial charge is 0.313 e. The Balaban J connectivity index is 1.44. The molecule has 4 N–H and O–H groups in total. The number of anilines is 1. The second-order valence-corrected chi connectivity index (χ2v) is 10.9. The number of carbonyl (C=O) groups excluding carboxylic acids is 2. The van der Waals surface area contributed by atoms with Crippen molar-refractivity contribution in [2.45, 2.75) is 29.1 Å².